The second-order valence-electron chi connectivity index (χ2n) is 4.79. The molecule has 0 radical (unpaired) electrons. The average molecular weight is 341 g/mol. The average Bonchev–Trinajstić information content (AvgIpc) is 2.83. The van der Waals surface area contributed by atoms with Crippen LogP contribution in [0.25, 0.3) is 28.2 Å². The molecule has 2 aromatic carbocycles. The number of allylic oxidation sites excluding steroid dienone is 1. The van der Waals surface area contributed by atoms with Gasteiger partial charge in [0.1, 0.15) is 11.3 Å². The van der Waals surface area contributed by atoms with Crippen LogP contribution in [-0.2, 0) is 4.79 Å². The third-order valence-electron chi connectivity index (χ3n) is 3.21. The van der Waals surface area contributed by atoms with Crippen LogP contribution in [0.15, 0.2) is 63.5 Å². The van der Waals surface area contributed by atoms with Crippen LogP contribution in [0.3, 0.4) is 0 Å². The summed E-state index contributed by atoms with van der Waals surface area (Å²) in [6, 6.07) is 15.9. The van der Waals surface area contributed by atoms with Crippen LogP contribution in [0.2, 0.25) is 0 Å². The maximum absolute atomic E-state index is 11.2. The number of furan rings is 1. The summed E-state index contributed by atoms with van der Waals surface area (Å²) in [5.74, 6) is 0.695. The van der Waals surface area contributed by atoms with Crippen LogP contribution >= 0.6 is 15.9 Å². The van der Waals surface area contributed by atoms with Gasteiger partial charge in [-0.1, -0.05) is 46.3 Å². The Kier molecular flexibility index (Phi) is 3.76. The van der Waals surface area contributed by atoms with Crippen molar-refractivity contribution in [3.63, 3.8) is 0 Å². The smallest absolute Gasteiger partial charge is 0.152 e. The first-order chi connectivity index (χ1) is 10.1. The Morgan fingerprint density at radius 2 is 1.90 bits per heavy atom. The molecule has 0 aliphatic rings. The second-order valence-corrected chi connectivity index (χ2v) is 5.71. The molecular weight excluding hydrogens is 328 g/mol. The van der Waals surface area contributed by atoms with Crippen molar-refractivity contribution in [1.29, 1.82) is 0 Å². The lowest BCUT2D eigenvalue weighted by molar-refractivity contribution is -0.112. The predicted octanol–water partition coefficient (Wildman–Crippen LogP) is 5.46. The number of rotatable bonds is 3. The van der Waals surface area contributed by atoms with Crippen LogP contribution < -0.4 is 0 Å². The third kappa shape index (κ3) is 2.83. The van der Waals surface area contributed by atoms with Gasteiger partial charge in [-0.2, -0.15) is 0 Å². The van der Waals surface area contributed by atoms with Crippen molar-refractivity contribution >= 4 is 38.8 Å². The summed E-state index contributed by atoms with van der Waals surface area (Å²) in [6.07, 6.45) is 3.26. The Bertz CT molecular complexity index is 829. The summed E-state index contributed by atoms with van der Waals surface area (Å²) in [5.41, 5.74) is 2.88. The molecular formula is C18H13BrO2. The molecule has 0 bridgehead atoms. The molecule has 3 heteroatoms. The molecule has 0 fully saturated rings. The van der Waals surface area contributed by atoms with E-state index in [1.807, 2.05) is 48.5 Å². The number of halogens is 1. The predicted molar refractivity (Wildman–Crippen MR) is 89.1 cm³/mol. The summed E-state index contributed by atoms with van der Waals surface area (Å²) < 4.78 is 6.89. The number of fused-ring (bicyclic) bond motifs is 1. The van der Waals surface area contributed by atoms with Gasteiger partial charge >= 0.3 is 0 Å². The normalized spacial score (nSPS) is 11.3. The van der Waals surface area contributed by atoms with Crippen LogP contribution in [0.4, 0.5) is 0 Å². The van der Waals surface area contributed by atoms with Crippen molar-refractivity contribution < 1.29 is 9.21 Å². The number of carbonyl (C=O) groups is 1. The molecule has 0 saturated carbocycles. The van der Waals surface area contributed by atoms with Gasteiger partial charge in [-0.15, -0.1) is 0 Å². The van der Waals surface area contributed by atoms with Gasteiger partial charge < -0.3 is 4.42 Å². The van der Waals surface area contributed by atoms with Crippen LogP contribution in [-0.4, -0.2) is 5.78 Å². The molecule has 1 aromatic heterocycles. The maximum Gasteiger partial charge on any atom is 0.152 e. The molecule has 0 aliphatic carbocycles. The Labute approximate surface area is 131 Å². The van der Waals surface area contributed by atoms with E-state index >= 15 is 0 Å². The maximum atomic E-state index is 11.2. The Morgan fingerprint density at radius 1 is 1.14 bits per heavy atom. The lowest BCUT2D eigenvalue weighted by atomic mass is 10.0. The molecule has 0 N–H and O–H groups in total. The first-order valence-electron chi connectivity index (χ1n) is 6.61. The Hall–Kier alpha value is -2.13. The highest BCUT2D eigenvalue weighted by Gasteiger charge is 2.14. The van der Waals surface area contributed by atoms with Gasteiger partial charge in [0.05, 0.1) is 0 Å². The zero-order chi connectivity index (χ0) is 14.8. The Morgan fingerprint density at radius 3 is 2.62 bits per heavy atom. The van der Waals surface area contributed by atoms with Crippen molar-refractivity contribution in [3.05, 3.63) is 64.8 Å². The number of hydrogen-bond acceptors (Lipinski definition) is 2. The van der Waals surface area contributed by atoms with Gasteiger partial charge in [0, 0.05) is 15.4 Å². The fraction of sp³-hybridized carbons (Fsp3) is 0.0556. The van der Waals surface area contributed by atoms with Gasteiger partial charge in [0.25, 0.3) is 0 Å². The molecule has 0 aliphatic heterocycles. The van der Waals surface area contributed by atoms with Crippen LogP contribution in [0.1, 0.15) is 12.7 Å². The van der Waals surface area contributed by atoms with E-state index in [1.165, 1.54) is 13.0 Å². The molecule has 0 amide bonds. The van der Waals surface area contributed by atoms with Crippen molar-refractivity contribution in [3.8, 4) is 11.1 Å². The number of benzene rings is 2. The van der Waals surface area contributed by atoms with E-state index in [2.05, 4.69) is 15.9 Å². The van der Waals surface area contributed by atoms with E-state index in [0.29, 0.717) is 5.76 Å². The number of ketones is 1. The van der Waals surface area contributed by atoms with Gasteiger partial charge in [0.2, 0.25) is 0 Å². The summed E-state index contributed by atoms with van der Waals surface area (Å²) in [4.78, 5) is 11.2. The molecule has 0 saturated heterocycles. The van der Waals surface area contributed by atoms with Gasteiger partial charge in [-0.3, -0.25) is 4.79 Å². The molecule has 0 atom stereocenters. The van der Waals surface area contributed by atoms with Crippen LogP contribution in [0, 0.1) is 0 Å². The van der Waals surface area contributed by atoms with Gasteiger partial charge in [-0.05, 0) is 42.8 Å². The largest absolute Gasteiger partial charge is 0.456 e. The zero-order valence-corrected chi connectivity index (χ0v) is 13.1. The van der Waals surface area contributed by atoms with E-state index < -0.39 is 0 Å². The van der Waals surface area contributed by atoms with Crippen molar-refractivity contribution in [2.75, 3.05) is 0 Å². The zero-order valence-electron chi connectivity index (χ0n) is 11.5. The minimum absolute atomic E-state index is 0.00403. The van der Waals surface area contributed by atoms with E-state index in [0.717, 1.165) is 26.6 Å². The molecule has 1 heterocycles. The summed E-state index contributed by atoms with van der Waals surface area (Å²) in [5, 5.41) is 1.03. The van der Waals surface area contributed by atoms with E-state index in [4.69, 9.17) is 4.42 Å². The monoisotopic (exact) mass is 340 g/mol. The lowest BCUT2D eigenvalue weighted by Crippen LogP contribution is -1.82. The number of hydrogen-bond donors (Lipinski definition) is 0. The SMILES string of the molecule is CC(=O)/C=C/c1oc2ccc(Br)cc2c1-c1ccccc1. The minimum Gasteiger partial charge on any atom is -0.456 e. The van der Waals surface area contributed by atoms with Gasteiger partial charge in [0.15, 0.2) is 5.78 Å². The van der Waals surface area contributed by atoms with Crippen molar-refractivity contribution in [1.82, 2.24) is 0 Å². The molecule has 0 spiro atoms. The molecule has 3 aromatic rings. The van der Waals surface area contributed by atoms with Crippen molar-refractivity contribution in [2.45, 2.75) is 6.92 Å². The number of carbonyl (C=O) groups excluding carboxylic acids is 1. The quantitative estimate of drug-likeness (QED) is 0.592. The molecule has 2 nitrogen and oxygen atoms in total. The fourth-order valence-electron chi connectivity index (χ4n) is 2.30. The standard InChI is InChI=1S/C18H13BrO2/c1-12(20)7-9-17-18(13-5-3-2-4-6-13)15-11-14(19)8-10-16(15)21-17/h2-11H,1H3/b9-7+. The lowest BCUT2D eigenvalue weighted by Gasteiger charge is -2.00. The second kappa shape index (κ2) is 5.70. The first kappa shape index (κ1) is 13.8. The molecule has 21 heavy (non-hydrogen) atoms. The van der Waals surface area contributed by atoms with Crippen LogP contribution in [0.5, 0.6) is 0 Å². The van der Waals surface area contributed by atoms with E-state index in [-0.39, 0.29) is 5.78 Å². The highest BCUT2D eigenvalue weighted by molar-refractivity contribution is 9.10. The fourth-order valence-corrected chi connectivity index (χ4v) is 2.66. The van der Waals surface area contributed by atoms with Gasteiger partial charge in [-0.25, -0.2) is 0 Å². The topological polar surface area (TPSA) is 30.2 Å². The first-order valence-corrected chi connectivity index (χ1v) is 7.40. The third-order valence-corrected chi connectivity index (χ3v) is 3.70. The molecule has 104 valence electrons. The summed E-state index contributed by atoms with van der Waals surface area (Å²) >= 11 is 3.50. The minimum atomic E-state index is -0.00403. The highest BCUT2D eigenvalue weighted by Crippen LogP contribution is 2.36. The van der Waals surface area contributed by atoms with E-state index in [9.17, 15) is 4.79 Å². The molecule has 0 unspecified atom stereocenters. The van der Waals surface area contributed by atoms with E-state index in [1.54, 1.807) is 6.08 Å². The molecule has 3 rings (SSSR count). The summed E-state index contributed by atoms with van der Waals surface area (Å²) in [7, 11) is 0. The highest BCUT2D eigenvalue weighted by atomic mass is 79.9. The summed E-state index contributed by atoms with van der Waals surface area (Å²) in [6.45, 7) is 1.53. The van der Waals surface area contributed by atoms with Crippen molar-refractivity contribution in [2.24, 2.45) is 0 Å². The Balaban J connectivity index is 2.29.